The largest absolute Gasteiger partial charge is 0.382 e. The maximum atomic E-state index is 5.41. The fraction of sp³-hybridized carbons (Fsp3) is 1.00. The van der Waals surface area contributed by atoms with Crippen LogP contribution >= 0.6 is 0 Å². The van der Waals surface area contributed by atoms with Crippen molar-refractivity contribution in [1.82, 2.24) is 5.32 Å². The zero-order chi connectivity index (χ0) is 11.8. The summed E-state index contributed by atoms with van der Waals surface area (Å²) < 4.78 is 5.41. The van der Waals surface area contributed by atoms with Gasteiger partial charge in [0.15, 0.2) is 0 Å². The smallest absolute Gasteiger partial charge is 0.0558 e. The van der Waals surface area contributed by atoms with Crippen molar-refractivity contribution < 1.29 is 4.74 Å². The average molecular weight is 227 g/mol. The molecule has 2 nitrogen and oxygen atoms in total. The number of hydrogen-bond donors (Lipinski definition) is 1. The van der Waals surface area contributed by atoms with Crippen LogP contribution in [0.4, 0.5) is 0 Å². The van der Waals surface area contributed by atoms with Crippen molar-refractivity contribution in [3.63, 3.8) is 0 Å². The normalized spacial score (nSPS) is 22.7. The van der Waals surface area contributed by atoms with Gasteiger partial charge in [-0.05, 0) is 38.6 Å². The molecule has 0 bridgehead atoms. The second-order valence-corrected chi connectivity index (χ2v) is 5.20. The SMILES string of the molecule is CCNC(CC(C)OC)C1CCCCCC1. The van der Waals surface area contributed by atoms with E-state index >= 15 is 0 Å². The molecule has 0 saturated heterocycles. The van der Waals surface area contributed by atoms with Gasteiger partial charge in [0.1, 0.15) is 0 Å². The Hall–Kier alpha value is -0.0800. The third kappa shape index (κ3) is 4.84. The van der Waals surface area contributed by atoms with Gasteiger partial charge in [0.2, 0.25) is 0 Å². The first-order valence-corrected chi connectivity index (χ1v) is 7.04. The van der Waals surface area contributed by atoms with Gasteiger partial charge in [0.25, 0.3) is 0 Å². The number of methoxy groups -OCH3 is 1. The lowest BCUT2D eigenvalue weighted by molar-refractivity contribution is 0.0903. The molecule has 2 atom stereocenters. The van der Waals surface area contributed by atoms with Crippen molar-refractivity contribution in [3.8, 4) is 0 Å². The van der Waals surface area contributed by atoms with Gasteiger partial charge < -0.3 is 10.1 Å². The molecule has 1 aliphatic carbocycles. The molecule has 0 heterocycles. The minimum atomic E-state index is 0.382. The monoisotopic (exact) mass is 227 g/mol. The molecule has 1 aliphatic rings. The zero-order valence-corrected chi connectivity index (χ0v) is 11.3. The quantitative estimate of drug-likeness (QED) is 0.703. The van der Waals surface area contributed by atoms with E-state index < -0.39 is 0 Å². The summed E-state index contributed by atoms with van der Waals surface area (Å²) in [6, 6.07) is 0.665. The molecule has 1 fully saturated rings. The highest BCUT2D eigenvalue weighted by Gasteiger charge is 2.23. The highest BCUT2D eigenvalue weighted by Crippen LogP contribution is 2.27. The van der Waals surface area contributed by atoms with Crippen molar-refractivity contribution in [3.05, 3.63) is 0 Å². The Morgan fingerprint density at radius 2 is 1.81 bits per heavy atom. The van der Waals surface area contributed by atoms with Gasteiger partial charge in [-0.2, -0.15) is 0 Å². The lowest BCUT2D eigenvalue weighted by Gasteiger charge is -2.29. The van der Waals surface area contributed by atoms with E-state index in [-0.39, 0.29) is 0 Å². The maximum Gasteiger partial charge on any atom is 0.0558 e. The van der Waals surface area contributed by atoms with Crippen LogP contribution in [0.25, 0.3) is 0 Å². The lowest BCUT2D eigenvalue weighted by Crippen LogP contribution is -2.38. The van der Waals surface area contributed by atoms with Gasteiger partial charge >= 0.3 is 0 Å². The molecule has 1 N–H and O–H groups in total. The predicted molar refractivity (Wildman–Crippen MR) is 69.7 cm³/mol. The van der Waals surface area contributed by atoms with Gasteiger partial charge in [-0.15, -0.1) is 0 Å². The number of nitrogens with one attached hydrogen (secondary N) is 1. The molecule has 1 rings (SSSR count). The van der Waals surface area contributed by atoms with Crippen LogP contribution in [0.5, 0.6) is 0 Å². The van der Waals surface area contributed by atoms with Crippen LogP contribution in [0, 0.1) is 5.92 Å². The van der Waals surface area contributed by atoms with E-state index in [0.29, 0.717) is 12.1 Å². The third-order valence-electron chi connectivity index (χ3n) is 3.92. The zero-order valence-electron chi connectivity index (χ0n) is 11.3. The second kappa shape index (κ2) is 8.08. The Bertz CT molecular complexity index is 164. The molecule has 0 aromatic rings. The van der Waals surface area contributed by atoms with Crippen LogP contribution in [-0.2, 0) is 4.74 Å². The summed E-state index contributed by atoms with van der Waals surface area (Å²) >= 11 is 0. The average Bonchev–Trinajstić information content (AvgIpc) is 2.56. The highest BCUT2D eigenvalue weighted by molar-refractivity contribution is 4.80. The first-order valence-electron chi connectivity index (χ1n) is 7.04. The Kier molecular flexibility index (Phi) is 7.06. The fourth-order valence-corrected chi connectivity index (χ4v) is 2.87. The summed E-state index contributed by atoms with van der Waals surface area (Å²) in [5.41, 5.74) is 0. The van der Waals surface area contributed by atoms with Crippen LogP contribution in [0.15, 0.2) is 0 Å². The number of ether oxygens (including phenoxy) is 1. The number of rotatable bonds is 6. The molecule has 2 heteroatoms. The van der Waals surface area contributed by atoms with Crippen molar-refractivity contribution in [2.75, 3.05) is 13.7 Å². The summed E-state index contributed by atoms with van der Waals surface area (Å²) in [5, 5.41) is 3.67. The first-order chi connectivity index (χ1) is 7.77. The molecule has 0 radical (unpaired) electrons. The van der Waals surface area contributed by atoms with Crippen LogP contribution in [-0.4, -0.2) is 25.8 Å². The molecule has 0 aromatic carbocycles. The van der Waals surface area contributed by atoms with E-state index in [9.17, 15) is 0 Å². The van der Waals surface area contributed by atoms with E-state index in [2.05, 4.69) is 19.2 Å². The predicted octanol–water partition coefficient (Wildman–Crippen LogP) is 3.36. The van der Waals surface area contributed by atoms with Crippen LogP contribution in [0.3, 0.4) is 0 Å². The van der Waals surface area contributed by atoms with Gasteiger partial charge in [-0.3, -0.25) is 0 Å². The van der Waals surface area contributed by atoms with Crippen LogP contribution < -0.4 is 5.32 Å². The Morgan fingerprint density at radius 3 is 2.31 bits per heavy atom. The Labute approximate surface area is 101 Å². The minimum absolute atomic E-state index is 0.382. The molecule has 0 aromatic heterocycles. The molecule has 16 heavy (non-hydrogen) atoms. The van der Waals surface area contributed by atoms with Crippen molar-refractivity contribution in [2.45, 2.75) is 70.9 Å². The second-order valence-electron chi connectivity index (χ2n) is 5.20. The minimum Gasteiger partial charge on any atom is -0.382 e. The topological polar surface area (TPSA) is 21.3 Å². The molecular weight excluding hydrogens is 198 g/mol. The third-order valence-corrected chi connectivity index (χ3v) is 3.92. The van der Waals surface area contributed by atoms with Gasteiger partial charge in [0, 0.05) is 13.2 Å². The summed E-state index contributed by atoms with van der Waals surface area (Å²) in [6.45, 7) is 5.47. The summed E-state index contributed by atoms with van der Waals surface area (Å²) in [7, 11) is 1.82. The van der Waals surface area contributed by atoms with Gasteiger partial charge in [-0.25, -0.2) is 0 Å². The molecule has 2 unspecified atom stereocenters. The Balaban J connectivity index is 2.45. The van der Waals surface area contributed by atoms with E-state index in [1.165, 1.54) is 38.5 Å². The molecular formula is C14H29NO. The van der Waals surface area contributed by atoms with Gasteiger partial charge in [-0.1, -0.05) is 32.6 Å². The lowest BCUT2D eigenvalue weighted by atomic mass is 9.88. The van der Waals surface area contributed by atoms with Gasteiger partial charge in [0.05, 0.1) is 6.10 Å². The summed E-state index contributed by atoms with van der Waals surface area (Å²) in [4.78, 5) is 0. The van der Waals surface area contributed by atoms with E-state index in [0.717, 1.165) is 18.9 Å². The molecule has 0 aliphatic heterocycles. The first kappa shape index (κ1) is 14.0. The van der Waals surface area contributed by atoms with E-state index in [1.54, 1.807) is 0 Å². The van der Waals surface area contributed by atoms with Crippen LogP contribution in [0.2, 0.25) is 0 Å². The fourth-order valence-electron chi connectivity index (χ4n) is 2.87. The molecule has 0 spiro atoms. The standard InChI is InChI=1S/C14H29NO/c1-4-15-14(11-12(2)16-3)13-9-7-5-6-8-10-13/h12-15H,4-11H2,1-3H3. The molecule has 0 amide bonds. The van der Waals surface area contributed by atoms with Crippen LogP contribution in [0.1, 0.15) is 58.8 Å². The highest BCUT2D eigenvalue weighted by atomic mass is 16.5. The summed E-state index contributed by atoms with van der Waals surface area (Å²) in [6.07, 6.45) is 10.1. The van der Waals surface area contributed by atoms with Crippen molar-refractivity contribution in [1.29, 1.82) is 0 Å². The van der Waals surface area contributed by atoms with E-state index in [4.69, 9.17) is 4.74 Å². The Morgan fingerprint density at radius 1 is 1.19 bits per heavy atom. The molecule has 96 valence electrons. The number of hydrogen-bond acceptors (Lipinski definition) is 2. The molecule has 1 saturated carbocycles. The maximum absolute atomic E-state index is 5.41. The van der Waals surface area contributed by atoms with Crippen molar-refractivity contribution in [2.24, 2.45) is 5.92 Å². The van der Waals surface area contributed by atoms with E-state index in [1.807, 2.05) is 7.11 Å². The van der Waals surface area contributed by atoms with Crippen molar-refractivity contribution >= 4 is 0 Å². The summed E-state index contributed by atoms with van der Waals surface area (Å²) in [5.74, 6) is 0.875.